The molecule has 0 fully saturated rings. The van der Waals surface area contributed by atoms with Crippen LogP contribution < -0.4 is 20.0 Å². The molecule has 0 aliphatic heterocycles. The second-order valence-electron chi connectivity index (χ2n) is 8.58. The van der Waals surface area contributed by atoms with E-state index >= 15 is 0 Å². The number of thiazole rings is 1. The summed E-state index contributed by atoms with van der Waals surface area (Å²) in [6.45, 7) is 0.920. The second-order valence-corrected chi connectivity index (χ2v) is 9.59. The third-order valence-corrected chi connectivity index (χ3v) is 7.04. The maximum Gasteiger partial charge on any atom is 0.349 e. The van der Waals surface area contributed by atoms with Gasteiger partial charge >= 0.3 is 5.63 Å². The number of anilines is 1. The molecule has 0 aliphatic rings. The Balaban J connectivity index is 0.00000320. The number of hydrogen-bond acceptors (Lipinski definition) is 8. The van der Waals surface area contributed by atoms with Gasteiger partial charge in [-0.05, 0) is 37.0 Å². The number of amides is 1. The lowest BCUT2D eigenvalue weighted by molar-refractivity contribution is 0.0982. The van der Waals surface area contributed by atoms with Crippen LogP contribution in [0.3, 0.4) is 0 Å². The molecule has 0 bridgehead atoms. The summed E-state index contributed by atoms with van der Waals surface area (Å²) >= 11 is 1.35. The Hall–Kier alpha value is -3.66. The van der Waals surface area contributed by atoms with Gasteiger partial charge in [0.05, 0.1) is 24.4 Å². The third kappa shape index (κ3) is 4.98. The van der Waals surface area contributed by atoms with Crippen molar-refractivity contribution in [1.29, 1.82) is 0 Å². The van der Waals surface area contributed by atoms with Crippen molar-refractivity contribution in [2.24, 2.45) is 0 Å². The molecular formula is C27H26ClN3O5S. The molecule has 1 amide bonds. The van der Waals surface area contributed by atoms with E-state index < -0.39 is 11.5 Å². The van der Waals surface area contributed by atoms with Crippen molar-refractivity contribution in [3.05, 3.63) is 70.6 Å². The summed E-state index contributed by atoms with van der Waals surface area (Å²) < 4.78 is 17.2. The van der Waals surface area contributed by atoms with Crippen LogP contribution in [0.1, 0.15) is 10.4 Å². The minimum atomic E-state index is -0.679. The van der Waals surface area contributed by atoms with E-state index in [0.717, 1.165) is 15.5 Å². The van der Waals surface area contributed by atoms with Gasteiger partial charge in [-0.25, -0.2) is 9.78 Å². The Kier molecular flexibility index (Phi) is 7.68. The van der Waals surface area contributed by atoms with Crippen LogP contribution in [0.15, 0.2) is 63.8 Å². The molecule has 0 N–H and O–H groups in total. The Morgan fingerprint density at radius 2 is 1.70 bits per heavy atom. The Bertz CT molecular complexity index is 1620. The Morgan fingerprint density at radius 1 is 0.973 bits per heavy atom. The quantitative estimate of drug-likeness (QED) is 0.207. The van der Waals surface area contributed by atoms with Crippen molar-refractivity contribution in [1.82, 2.24) is 9.88 Å². The number of likely N-dealkylation sites (N-methyl/N-ethyl adjacent to an activating group) is 1. The highest BCUT2D eigenvalue weighted by Gasteiger charge is 2.26. The predicted molar refractivity (Wildman–Crippen MR) is 150 cm³/mol. The summed E-state index contributed by atoms with van der Waals surface area (Å²) in [5.74, 6) is 0.668. The highest BCUT2D eigenvalue weighted by Crippen LogP contribution is 2.37. The van der Waals surface area contributed by atoms with Gasteiger partial charge in [-0.15, -0.1) is 12.4 Å². The van der Waals surface area contributed by atoms with Crippen LogP contribution in [0.4, 0.5) is 5.13 Å². The van der Waals surface area contributed by atoms with Crippen molar-refractivity contribution >= 4 is 66.7 Å². The average Bonchev–Trinajstić information content (AvgIpc) is 3.29. The fourth-order valence-corrected chi connectivity index (χ4v) is 5.11. The first-order valence-corrected chi connectivity index (χ1v) is 12.2. The van der Waals surface area contributed by atoms with Gasteiger partial charge in [0.2, 0.25) is 0 Å². The highest BCUT2D eigenvalue weighted by atomic mass is 35.5. The number of carbonyl (C=O) groups is 1. The van der Waals surface area contributed by atoms with E-state index in [2.05, 4.69) is 0 Å². The van der Waals surface area contributed by atoms with E-state index in [0.29, 0.717) is 46.2 Å². The molecule has 0 unspecified atom stereocenters. The number of benzene rings is 3. The fourth-order valence-electron chi connectivity index (χ4n) is 4.11. The number of hydrogen-bond donors (Lipinski definition) is 0. The number of nitrogens with zero attached hydrogens (tertiary/aromatic N) is 3. The van der Waals surface area contributed by atoms with E-state index in [1.165, 1.54) is 16.2 Å². The SMILES string of the molecule is COc1cc2nc(N(CCN(C)C)C(=O)c3cc4c(ccc5ccccc54)oc3=O)sc2cc1OC.Cl. The summed E-state index contributed by atoms with van der Waals surface area (Å²) in [5, 5.41) is 3.09. The van der Waals surface area contributed by atoms with Gasteiger partial charge in [0.15, 0.2) is 16.6 Å². The second kappa shape index (κ2) is 10.8. The highest BCUT2D eigenvalue weighted by molar-refractivity contribution is 7.22. The van der Waals surface area contributed by atoms with E-state index in [1.54, 1.807) is 32.4 Å². The molecule has 5 aromatic rings. The standard InChI is InChI=1S/C27H25N3O5S.ClH/c1-29(2)11-12-30(27-28-20-14-22(33-3)23(34-4)15-24(20)36-27)25(31)19-13-18-17-8-6-5-7-16(17)9-10-21(18)35-26(19)32;/h5-10,13-15H,11-12H2,1-4H3;1H. The van der Waals surface area contributed by atoms with Crippen LogP contribution in [0.5, 0.6) is 11.5 Å². The lowest BCUT2D eigenvalue weighted by atomic mass is 10.0. The maximum absolute atomic E-state index is 13.8. The summed E-state index contributed by atoms with van der Waals surface area (Å²) in [6.07, 6.45) is 0. The normalized spacial score (nSPS) is 11.2. The molecule has 37 heavy (non-hydrogen) atoms. The minimum absolute atomic E-state index is 0. The Morgan fingerprint density at radius 3 is 2.43 bits per heavy atom. The number of carbonyl (C=O) groups excluding carboxylic acids is 1. The number of halogens is 1. The molecule has 5 rings (SSSR count). The first-order chi connectivity index (χ1) is 17.4. The molecule has 2 heterocycles. The van der Waals surface area contributed by atoms with Gasteiger partial charge in [0.1, 0.15) is 11.1 Å². The van der Waals surface area contributed by atoms with E-state index in [4.69, 9.17) is 18.9 Å². The van der Waals surface area contributed by atoms with E-state index in [-0.39, 0.29) is 18.0 Å². The summed E-state index contributed by atoms with van der Waals surface area (Å²) in [4.78, 5) is 35.0. The molecule has 8 nitrogen and oxygen atoms in total. The number of methoxy groups -OCH3 is 2. The van der Waals surface area contributed by atoms with Crippen molar-refractivity contribution in [2.75, 3.05) is 46.3 Å². The van der Waals surface area contributed by atoms with Gasteiger partial charge in [-0.3, -0.25) is 9.69 Å². The van der Waals surface area contributed by atoms with Gasteiger partial charge in [-0.1, -0.05) is 41.7 Å². The van der Waals surface area contributed by atoms with Crippen LogP contribution in [0.2, 0.25) is 0 Å². The van der Waals surface area contributed by atoms with Gasteiger partial charge in [-0.2, -0.15) is 0 Å². The zero-order chi connectivity index (χ0) is 25.4. The molecule has 0 spiro atoms. The first kappa shape index (κ1) is 26.4. The predicted octanol–water partition coefficient (Wildman–Crippen LogP) is 5.20. The summed E-state index contributed by atoms with van der Waals surface area (Å²) in [7, 11) is 6.98. The zero-order valence-corrected chi connectivity index (χ0v) is 22.4. The van der Waals surface area contributed by atoms with Crippen molar-refractivity contribution < 1.29 is 18.7 Å². The van der Waals surface area contributed by atoms with Crippen LogP contribution >= 0.6 is 23.7 Å². The van der Waals surface area contributed by atoms with Gasteiger partial charge in [0, 0.05) is 30.6 Å². The zero-order valence-electron chi connectivity index (χ0n) is 20.8. The average molecular weight is 540 g/mol. The monoisotopic (exact) mass is 539 g/mol. The third-order valence-electron chi connectivity index (χ3n) is 6.00. The molecular weight excluding hydrogens is 514 g/mol. The lowest BCUT2D eigenvalue weighted by Crippen LogP contribution is -2.38. The fraction of sp³-hybridized carbons (Fsp3) is 0.222. The maximum atomic E-state index is 13.8. The summed E-state index contributed by atoms with van der Waals surface area (Å²) in [6, 6.07) is 16.7. The topological polar surface area (TPSA) is 85.1 Å². The van der Waals surface area contributed by atoms with Crippen LogP contribution in [-0.4, -0.2) is 57.2 Å². The largest absolute Gasteiger partial charge is 0.493 e. The van der Waals surface area contributed by atoms with Crippen LogP contribution in [0, 0.1) is 0 Å². The van der Waals surface area contributed by atoms with E-state index in [9.17, 15) is 9.59 Å². The molecule has 0 saturated carbocycles. The Labute approximate surface area is 223 Å². The van der Waals surface area contributed by atoms with Crippen molar-refractivity contribution in [2.45, 2.75) is 0 Å². The van der Waals surface area contributed by atoms with Crippen LogP contribution in [-0.2, 0) is 0 Å². The molecule has 3 aromatic carbocycles. The minimum Gasteiger partial charge on any atom is -0.493 e. The van der Waals surface area contributed by atoms with Gasteiger partial charge in [0.25, 0.3) is 5.91 Å². The van der Waals surface area contributed by atoms with Crippen LogP contribution in [0.25, 0.3) is 32.0 Å². The molecule has 192 valence electrons. The first-order valence-electron chi connectivity index (χ1n) is 11.3. The van der Waals surface area contributed by atoms with Crippen molar-refractivity contribution in [3.63, 3.8) is 0 Å². The molecule has 2 aromatic heterocycles. The molecule has 0 atom stereocenters. The number of aromatic nitrogens is 1. The van der Waals surface area contributed by atoms with E-state index in [1.807, 2.05) is 55.4 Å². The molecule has 0 radical (unpaired) electrons. The van der Waals surface area contributed by atoms with Gasteiger partial charge < -0.3 is 18.8 Å². The molecule has 0 saturated heterocycles. The summed E-state index contributed by atoms with van der Waals surface area (Å²) in [5.41, 5.74) is 0.398. The van der Waals surface area contributed by atoms with Crippen molar-refractivity contribution in [3.8, 4) is 11.5 Å². The lowest BCUT2D eigenvalue weighted by Gasteiger charge is -2.21. The molecule has 10 heteroatoms. The number of rotatable bonds is 7. The molecule has 0 aliphatic carbocycles. The number of fused-ring (bicyclic) bond motifs is 4. The number of ether oxygens (including phenoxy) is 2. The smallest absolute Gasteiger partial charge is 0.349 e.